The molecule has 0 atom stereocenters. The van der Waals surface area contributed by atoms with Crippen LogP contribution >= 0.6 is 0 Å². The third kappa shape index (κ3) is 3.71. The Bertz CT molecular complexity index is 322. The average molecular weight is 192 g/mol. The topological polar surface area (TPSA) is 72.2 Å². The molecule has 0 saturated heterocycles. The molecule has 0 aliphatic heterocycles. The fraction of sp³-hybridized carbons (Fsp3) is 0.200. The van der Waals surface area contributed by atoms with Crippen LogP contribution in [0.2, 0.25) is 0 Å². The number of amides is 2. The predicted octanol–water partition coefficient (Wildman–Crippen LogP) is 0.891. The fourth-order valence-corrected chi connectivity index (χ4v) is 0.982. The summed E-state index contributed by atoms with van der Waals surface area (Å²) in [5.74, 6) is -0.664. The summed E-state index contributed by atoms with van der Waals surface area (Å²) in [6.07, 6.45) is 0.211. The van der Waals surface area contributed by atoms with E-state index in [1.807, 2.05) is 18.2 Å². The summed E-state index contributed by atoms with van der Waals surface area (Å²) in [7, 11) is 0. The van der Waals surface area contributed by atoms with Gasteiger partial charge < -0.3 is 11.1 Å². The highest BCUT2D eigenvalue weighted by Gasteiger charge is 2.03. The summed E-state index contributed by atoms with van der Waals surface area (Å²) in [4.78, 5) is 21.6. The SMILES string of the molecule is NC(=O)CCC(=O)Nc1ccccc1. The molecule has 3 N–H and O–H groups in total. The van der Waals surface area contributed by atoms with Gasteiger partial charge in [-0.25, -0.2) is 0 Å². The monoisotopic (exact) mass is 192 g/mol. The molecule has 14 heavy (non-hydrogen) atoms. The lowest BCUT2D eigenvalue weighted by Crippen LogP contribution is -2.17. The largest absolute Gasteiger partial charge is 0.370 e. The Morgan fingerprint density at radius 2 is 1.79 bits per heavy atom. The first kappa shape index (κ1) is 10.2. The number of nitrogens with two attached hydrogens (primary N) is 1. The zero-order valence-electron chi connectivity index (χ0n) is 7.69. The minimum Gasteiger partial charge on any atom is -0.370 e. The molecule has 4 heteroatoms. The molecule has 4 nitrogen and oxygen atoms in total. The molecule has 0 spiro atoms. The quantitative estimate of drug-likeness (QED) is 0.743. The fourth-order valence-electron chi connectivity index (χ4n) is 0.982. The van der Waals surface area contributed by atoms with Crippen LogP contribution in [-0.4, -0.2) is 11.8 Å². The van der Waals surface area contributed by atoms with Crippen LogP contribution in [0.3, 0.4) is 0 Å². The molecule has 1 aromatic carbocycles. The van der Waals surface area contributed by atoms with Crippen LogP contribution in [0, 0.1) is 0 Å². The summed E-state index contributed by atoms with van der Waals surface area (Å²) in [5, 5.41) is 2.65. The number of hydrogen-bond acceptors (Lipinski definition) is 2. The van der Waals surface area contributed by atoms with Gasteiger partial charge in [0.1, 0.15) is 0 Å². The van der Waals surface area contributed by atoms with Gasteiger partial charge in [-0.1, -0.05) is 18.2 Å². The summed E-state index contributed by atoms with van der Waals surface area (Å²) in [5.41, 5.74) is 5.64. The lowest BCUT2D eigenvalue weighted by molar-refractivity contribution is -0.122. The molecule has 0 aliphatic rings. The standard InChI is InChI=1S/C10H12N2O2/c11-9(13)6-7-10(14)12-8-4-2-1-3-5-8/h1-5H,6-7H2,(H2,11,13)(H,12,14). The van der Waals surface area contributed by atoms with Crippen LogP contribution in [0.25, 0.3) is 0 Å². The molecule has 2 amide bonds. The zero-order chi connectivity index (χ0) is 10.4. The molecular weight excluding hydrogens is 180 g/mol. The van der Waals surface area contributed by atoms with Crippen LogP contribution < -0.4 is 11.1 Å². The van der Waals surface area contributed by atoms with Crippen molar-refractivity contribution in [1.29, 1.82) is 0 Å². The highest BCUT2D eigenvalue weighted by Crippen LogP contribution is 2.05. The van der Waals surface area contributed by atoms with Gasteiger partial charge in [0.15, 0.2) is 0 Å². The zero-order valence-corrected chi connectivity index (χ0v) is 7.69. The second-order valence-corrected chi connectivity index (χ2v) is 2.88. The lowest BCUT2D eigenvalue weighted by Gasteiger charge is -2.02. The Labute approximate surface area is 82.1 Å². The Kier molecular flexibility index (Phi) is 3.67. The van der Waals surface area contributed by atoms with Gasteiger partial charge in [0, 0.05) is 18.5 Å². The molecule has 0 bridgehead atoms. The lowest BCUT2D eigenvalue weighted by atomic mass is 10.2. The minimum absolute atomic E-state index is 0.0820. The number of para-hydroxylation sites is 1. The maximum absolute atomic E-state index is 11.2. The van der Waals surface area contributed by atoms with E-state index in [2.05, 4.69) is 5.32 Å². The minimum atomic E-state index is -0.465. The molecule has 0 heterocycles. The third-order valence-electron chi connectivity index (χ3n) is 1.66. The van der Waals surface area contributed by atoms with E-state index in [1.165, 1.54) is 0 Å². The molecular formula is C10H12N2O2. The Morgan fingerprint density at radius 1 is 1.14 bits per heavy atom. The molecule has 0 saturated carbocycles. The van der Waals surface area contributed by atoms with Crippen LogP contribution in [0.5, 0.6) is 0 Å². The van der Waals surface area contributed by atoms with Gasteiger partial charge in [-0.2, -0.15) is 0 Å². The van der Waals surface area contributed by atoms with Crippen molar-refractivity contribution in [3.63, 3.8) is 0 Å². The number of rotatable bonds is 4. The maximum atomic E-state index is 11.2. The number of nitrogens with one attached hydrogen (secondary N) is 1. The van der Waals surface area contributed by atoms with E-state index in [4.69, 9.17) is 5.73 Å². The van der Waals surface area contributed by atoms with Crippen molar-refractivity contribution in [2.75, 3.05) is 5.32 Å². The van der Waals surface area contributed by atoms with Crippen molar-refractivity contribution in [3.05, 3.63) is 30.3 Å². The van der Waals surface area contributed by atoms with Crippen molar-refractivity contribution >= 4 is 17.5 Å². The summed E-state index contributed by atoms with van der Waals surface area (Å²) in [6.45, 7) is 0. The Balaban J connectivity index is 2.38. The van der Waals surface area contributed by atoms with E-state index < -0.39 is 5.91 Å². The second-order valence-electron chi connectivity index (χ2n) is 2.88. The molecule has 0 radical (unpaired) electrons. The molecule has 0 unspecified atom stereocenters. The van der Waals surface area contributed by atoms with E-state index in [-0.39, 0.29) is 18.7 Å². The van der Waals surface area contributed by atoms with Gasteiger partial charge in [-0.3, -0.25) is 9.59 Å². The van der Waals surface area contributed by atoms with Gasteiger partial charge in [0.25, 0.3) is 0 Å². The third-order valence-corrected chi connectivity index (χ3v) is 1.66. The smallest absolute Gasteiger partial charge is 0.224 e. The van der Waals surface area contributed by atoms with E-state index in [1.54, 1.807) is 12.1 Å². The van der Waals surface area contributed by atoms with Gasteiger partial charge in [-0.05, 0) is 12.1 Å². The number of primary amides is 1. The average Bonchev–Trinajstić information content (AvgIpc) is 2.16. The van der Waals surface area contributed by atoms with E-state index in [0.29, 0.717) is 0 Å². The predicted molar refractivity (Wildman–Crippen MR) is 53.5 cm³/mol. The van der Waals surface area contributed by atoms with E-state index in [0.717, 1.165) is 5.69 Å². The molecule has 0 aliphatic carbocycles. The highest BCUT2D eigenvalue weighted by atomic mass is 16.2. The second kappa shape index (κ2) is 5.01. The molecule has 0 fully saturated rings. The Hall–Kier alpha value is -1.84. The number of anilines is 1. The van der Waals surface area contributed by atoms with E-state index >= 15 is 0 Å². The number of hydrogen-bond donors (Lipinski definition) is 2. The number of benzene rings is 1. The first-order valence-electron chi connectivity index (χ1n) is 4.31. The molecule has 74 valence electrons. The van der Waals surface area contributed by atoms with Gasteiger partial charge >= 0.3 is 0 Å². The first-order chi connectivity index (χ1) is 6.68. The highest BCUT2D eigenvalue weighted by molar-refractivity contribution is 5.92. The summed E-state index contributed by atoms with van der Waals surface area (Å²) >= 11 is 0. The van der Waals surface area contributed by atoms with Crippen LogP contribution in [-0.2, 0) is 9.59 Å². The van der Waals surface area contributed by atoms with Gasteiger partial charge in [0.05, 0.1) is 0 Å². The van der Waals surface area contributed by atoms with Crippen molar-refractivity contribution in [2.45, 2.75) is 12.8 Å². The van der Waals surface area contributed by atoms with E-state index in [9.17, 15) is 9.59 Å². The first-order valence-corrected chi connectivity index (χ1v) is 4.31. The summed E-state index contributed by atoms with van der Waals surface area (Å²) < 4.78 is 0. The van der Waals surface area contributed by atoms with Gasteiger partial charge in [-0.15, -0.1) is 0 Å². The number of carbonyl (C=O) groups is 2. The summed E-state index contributed by atoms with van der Waals surface area (Å²) in [6, 6.07) is 9.07. The van der Waals surface area contributed by atoms with Crippen LogP contribution in [0.4, 0.5) is 5.69 Å². The molecule has 1 aromatic rings. The van der Waals surface area contributed by atoms with Crippen LogP contribution in [0.15, 0.2) is 30.3 Å². The molecule has 1 rings (SSSR count). The van der Waals surface area contributed by atoms with Gasteiger partial charge in [0.2, 0.25) is 11.8 Å². The maximum Gasteiger partial charge on any atom is 0.224 e. The normalized spacial score (nSPS) is 9.43. The van der Waals surface area contributed by atoms with Crippen molar-refractivity contribution in [3.8, 4) is 0 Å². The Morgan fingerprint density at radius 3 is 2.36 bits per heavy atom. The number of carbonyl (C=O) groups excluding carboxylic acids is 2. The van der Waals surface area contributed by atoms with Crippen molar-refractivity contribution in [2.24, 2.45) is 5.73 Å². The van der Waals surface area contributed by atoms with Crippen molar-refractivity contribution in [1.82, 2.24) is 0 Å². The van der Waals surface area contributed by atoms with Crippen molar-refractivity contribution < 1.29 is 9.59 Å². The molecule has 0 aromatic heterocycles. The van der Waals surface area contributed by atoms with Crippen LogP contribution in [0.1, 0.15) is 12.8 Å².